The Hall–Kier alpha value is -1.08. The second-order valence-corrected chi connectivity index (χ2v) is 3.74. The molecule has 1 fully saturated rings. The highest BCUT2D eigenvalue weighted by Crippen LogP contribution is 2.20. The number of rotatable bonds is 3. The Morgan fingerprint density at radius 2 is 2.43 bits per heavy atom. The molecule has 0 aromatic carbocycles. The Labute approximate surface area is 84.4 Å². The highest BCUT2D eigenvalue weighted by atomic mass is 16.5. The van der Waals surface area contributed by atoms with E-state index in [9.17, 15) is 4.79 Å². The van der Waals surface area contributed by atoms with Gasteiger partial charge in [0.15, 0.2) is 0 Å². The van der Waals surface area contributed by atoms with Crippen LogP contribution in [-0.2, 0) is 9.53 Å². The molecule has 1 heterocycles. The summed E-state index contributed by atoms with van der Waals surface area (Å²) in [7, 11) is 1.74. The molecular formula is C10H16N2O2. The Kier molecular flexibility index (Phi) is 3.90. The average molecular weight is 196 g/mol. The number of hydrogen-bond acceptors (Lipinski definition) is 3. The maximum atomic E-state index is 11.7. The predicted molar refractivity (Wildman–Crippen MR) is 51.4 cm³/mol. The molecule has 0 N–H and O–H groups in total. The van der Waals surface area contributed by atoms with Crippen molar-refractivity contribution in [1.29, 1.82) is 5.26 Å². The Bertz CT molecular complexity index is 247. The Morgan fingerprint density at radius 3 is 2.93 bits per heavy atom. The third-order valence-corrected chi connectivity index (χ3v) is 2.48. The van der Waals surface area contributed by atoms with Gasteiger partial charge in [-0.1, -0.05) is 0 Å². The molecule has 0 aromatic heterocycles. The summed E-state index contributed by atoms with van der Waals surface area (Å²) in [5.74, 6) is 0.0956. The lowest BCUT2D eigenvalue weighted by Crippen LogP contribution is -2.33. The smallest absolute Gasteiger partial charge is 0.227 e. The van der Waals surface area contributed by atoms with Gasteiger partial charge in [0.1, 0.15) is 0 Å². The number of ether oxygens (including phenoxy) is 1. The van der Waals surface area contributed by atoms with Crippen molar-refractivity contribution in [3.05, 3.63) is 0 Å². The van der Waals surface area contributed by atoms with Crippen LogP contribution in [0.1, 0.15) is 19.8 Å². The van der Waals surface area contributed by atoms with Crippen LogP contribution in [0.5, 0.6) is 0 Å². The second kappa shape index (κ2) is 4.97. The van der Waals surface area contributed by atoms with Gasteiger partial charge in [-0.2, -0.15) is 5.26 Å². The van der Waals surface area contributed by atoms with Gasteiger partial charge in [-0.15, -0.1) is 0 Å². The largest absolute Gasteiger partial charge is 0.378 e. The standard InChI is InChI=1S/C10H16N2O2/c1-8-6-9(7-14-8)10(13)12(2)5-3-4-11/h8-9H,3,5-7H2,1-2H3. The van der Waals surface area contributed by atoms with Gasteiger partial charge in [0.05, 0.1) is 31.1 Å². The summed E-state index contributed by atoms with van der Waals surface area (Å²) in [4.78, 5) is 13.4. The van der Waals surface area contributed by atoms with E-state index in [0.29, 0.717) is 19.6 Å². The number of nitriles is 1. The van der Waals surface area contributed by atoms with Crippen LogP contribution in [0.3, 0.4) is 0 Å². The third kappa shape index (κ3) is 2.71. The fourth-order valence-corrected chi connectivity index (χ4v) is 1.63. The molecule has 1 amide bonds. The monoisotopic (exact) mass is 196 g/mol. The van der Waals surface area contributed by atoms with Gasteiger partial charge in [0.2, 0.25) is 5.91 Å². The van der Waals surface area contributed by atoms with Crippen LogP contribution in [0.15, 0.2) is 0 Å². The van der Waals surface area contributed by atoms with E-state index in [1.807, 2.05) is 13.0 Å². The first kappa shape index (κ1) is 11.0. The molecule has 0 radical (unpaired) electrons. The third-order valence-electron chi connectivity index (χ3n) is 2.48. The molecule has 1 aliphatic rings. The van der Waals surface area contributed by atoms with E-state index in [0.717, 1.165) is 6.42 Å². The van der Waals surface area contributed by atoms with Crippen molar-refractivity contribution in [3.8, 4) is 6.07 Å². The van der Waals surface area contributed by atoms with E-state index in [1.54, 1.807) is 11.9 Å². The van der Waals surface area contributed by atoms with Crippen molar-refractivity contribution in [2.45, 2.75) is 25.9 Å². The quantitative estimate of drug-likeness (QED) is 0.670. The second-order valence-electron chi connectivity index (χ2n) is 3.74. The predicted octanol–water partition coefficient (Wildman–Crippen LogP) is 0.783. The van der Waals surface area contributed by atoms with Crippen LogP contribution < -0.4 is 0 Å². The minimum absolute atomic E-state index is 0.00584. The molecule has 1 saturated heterocycles. The zero-order chi connectivity index (χ0) is 10.6. The van der Waals surface area contributed by atoms with E-state index in [4.69, 9.17) is 10.00 Å². The number of hydrogen-bond donors (Lipinski definition) is 0. The highest BCUT2D eigenvalue weighted by Gasteiger charge is 2.29. The van der Waals surface area contributed by atoms with Crippen LogP contribution in [0.4, 0.5) is 0 Å². The SMILES string of the molecule is CC1CC(C(=O)N(C)CCC#N)CO1. The highest BCUT2D eigenvalue weighted by molar-refractivity contribution is 5.79. The zero-order valence-electron chi connectivity index (χ0n) is 8.69. The van der Waals surface area contributed by atoms with Gasteiger partial charge in [0, 0.05) is 13.6 Å². The maximum Gasteiger partial charge on any atom is 0.227 e. The van der Waals surface area contributed by atoms with Crippen LogP contribution in [0.2, 0.25) is 0 Å². The number of carbonyl (C=O) groups excluding carboxylic acids is 1. The van der Waals surface area contributed by atoms with Crippen LogP contribution in [0.25, 0.3) is 0 Å². The van der Waals surface area contributed by atoms with Gasteiger partial charge in [-0.05, 0) is 13.3 Å². The Morgan fingerprint density at radius 1 is 1.71 bits per heavy atom. The lowest BCUT2D eigenvalue weighted by Gasteiger charge is -2.18. The van der Waals surface area contributed by atoms with Gasteiger partial charge in [-0.3, -0.25) is 4.79 Å². The molecule has 0 aromatic rings. The average Bonchev–Trinajstić information content (AvgIpc) is 2.60. The minimum atomic E-state index is -0.00584. The summed E-state index contributed by atoms with van der Waals surface area (Å²) < 4.78 is 5.33. The van der Waals surface area contributed by atoms with Crippen LogP contribution >= 0.6 is 0 Å². The first-order chi connectivity index (χ1) is 6.65. The fourth-order valence-electron chi connectivity index (χ4n) is 1.63. The van der Waals surface area contributed by atoms with Crippen molar-refractivity contribution in [3.63, 3.8) is 0 Å². The van der Waals surface area contributed by atoms with Crippen molar-refractivity contribution in [2.24, 2.45) is 5.92 Å². The zero-order valence-corrected chi connectivity index (χ0v) is 8.69. The summed E-state index contributed by atoms with van der Waals surface area (Å²) in [6.07, 6.45) is 1.38. The molecular weight excluding hydrogens is 180 g/mol. The Balaban J connectivity index is 2.37. The van der Waals surface area contributed by atoms with Crippen molar-refractivity contribution in [2.75, 3.05) is 20.2 Å². The van der Waals surface area contributed by atoms with Crippen LogP contribution in [0, 0.1) is 17.2 Å². The normalized spacial score (nSPS) is 25.8. The molecule has 0 saturated carbocycles. The first-order valence-corrected chi connectivity index (χ1v) is 4.88. The molecule has 0 bridgehead atoms. The maximum absolute atomic E-state index is 11.7. The first-order valence-electron chi connectivity index (χ1n) is 4.88. The summed E-state index contributed by atoms with van der Waals surface area (Å²) >= 11 is 0. The number of amides is 1. The van der Waals surface area contributed by atoms with E-state index in [-0.39, 0.29) is 17.9 Å². The number of carbonyl (C=O) groups is 1. The molecule has 1 aliphatic heterocycles. The topological polar surface area (TPSA) is 53.3 Å². The summed E-state index contributed by atoms with van der Waals surface area (Å²) in [5, 5.41) is 8.39. The van der Waals surface area contributed by atoms with Gasteiger partial charge in [0.25, 0.3) is 0 Å². The molecule has 4 heteroatoms. The van der Waals surface area contributed by atoms with E-state index < -0.39 is 0 Å². The minimum Gasteiger partial charge on any atom is -0.378 e. The lowest BCUT2D eigenvalue weighted by atomic mass is 10.1. The molecule has 0 spiro atoms. The summed E-state index contributed by atoms with van der Waals surface area (Å²) in [5.41, 5.74) is 0. The van der Waals surface area contributed by atoms with Crippen molar-refractivity contribution >= 4 is 5.91 Å². The number of nitrogens with zero attached hydrogens (tertiary/aromatic N) is 2. The molecule has 14 heavy (non-hydrogen) atoms. The van der Waals surface area contributed by atoms with E-state index >= 15 is 0 Å². The fraction of sp³-hybridized carbons (Fsp3) is 0.800. The summed E-state index contributed by atoms with van der Waals surface area (Å²) in [6, 6.07) is 2.03. The van der Waals surface area contributed by atoms with Gasteiger partial charge < -0.3 is 9.64 Å². The van der Waals surface area contributed by atoms with E-state index in [1.165, 1.54) is 0 Å². The molecule has 0 aliphatic carbocycles. The lowest BCUT2D eigenvalue weighted by molar-refractivity contribution is -0.134. The molecule has 4 nitrogen and oxygen atoms in total. The summed E-state index contributed by atoms with van der Waals surface area (Å²) in [6.45, 7) is 3.01. The molecule has 2 atom stereocenters. The molecule has 1 rings (SSSR count). The van der Waals surface area contributed by atoms with Crippen molar-refractivity contribution < 1.29 is 9.53 Å². The van der Waals surface area contributed by atoms with Gasteiger partial charge >= 0.3 is 0 Å². The molecule has 78 valence electrons. The van der Waals surface area contributed by atoms with Crippen LogP contribution in [-0.4, -0.2) is 37.1 Å². The van der Waals surface area contributed by atoms with Crippen molar-refractivity contribution in [1.82, 2.24) is 4.90 Å². The molecule has 2 unspecified atom stereocenters. The van der Waals surface area contributed by atoms with Gasteiger partial charge in [-0.25, -0.2) is 0 Å². The van der Waals surface area contributed by atoms with E-state index in [2.05, 4.69) is 0 Å².